The van der Waals surface area contributed by atoms with Crippen LogP contribution in [0.5, 0.6) is 5.75 Å². The number of carbonyl (C=O) groups is 2. The molecule has 194 valence electrons. The van der Waals surface area contributed by atoms with Crippen LogP contribution in [0.3, 0.4) is 0 Å². The van der Waals surface area contributed by atoms with E-state index in [9.17, 15) is 9.59 Å². The van der Waals surface area contributed by atoms with Gasteiger partial charge >= 0.3 is 0 Å². The van der Waals surface area contributed by atoms with Crippen LogP contribution in [-0.4, -0.2) is 24.1 Å². The van der Waals surface area contributed by atoms with Crippen molar-refractivity contribution in [3.8, 4) is 5.75 Å². The minimum atomic E-state index is -0.809. The van der Waals surface area contributed by atoms with E-state index in [1.54, 1.807) is 30.5 Å². The molecule has 0 spiro atoms. The van der Waals surface area contributed by atoms with E-state index in [4.69, 9.17) is 16.3 Å². The summed E-state index contributed by atoms with van der Waals surface area (Å²) in [6.45, 7) is 4.07. The van der Waals surface area contributed by atoms with E-state index in [-0.39, 0.29) is 5.92 Å². The molecule has 4 aromatic carbocycles. The Kier molecular flexibility index (Phi) is 9.15. The standard InChI is InChI=1S/C30H27BrClN3O3/c1-19(2)28(34-29(36)24-9-5-6-10-26(24)32)30(37)35-33-17-25-23-8-4-3-7-21(23)13-16-27(25)38-18-20-11-14-22(31)15-12-20/h3-17,19,28H,18H2,1-2H3,(H,34,36)(H,35,37). The third-order valence-electron chi connectivity index (χ3n) is 5.96. The van der Waals surface area contributed by atoms with Gasteiger partial charge in [-0.1, -0.05) is 96.0 Å². The van der Waals surface area contributed by atoms with Crippen LogP contribution in [0.2, 0.25) is 5.02 Å². The van der Waals surface area contributed by atoms with Crippen LogP contribution in [0.25, 0.3) is 10.8 Å². The van der Waals surface area contributed by atoms with Crippen LogP contribution in [-0.2, 0) is 11.4 Å². The molecule has 8 heteroatoms. The van der Waals surface area contributed by atoms with Crippen molar-refractivity contribution in [1.82, 2.24) is 10.7 Å². The predicted octanol–water partition coefficient (Wildman–Crippen LogP) is 6.74. The van der Waals surface area contributed by atoms with Gasteiger partial charge in [0.1, 0.15) is 18.4 Å². The largest absolute Gasteiger partial charge is 0.488 e. The smallest absolute Gasteiger partial charge is 0.262 e. The van der Waals surface area contributed by atoms with E-state index >= 15 is 0 Å². The van der Waals surface area contributed by atoms with Gasteiger partial charge in [-0.05, 0) is 52.6 Å². The van der Waals surface area contributed by atoms with Crippen molar-refractivity contribution in [2.45, 2.75) is 26.5 Å². The predicted molar refractivity (Wildman–Crippen MR) is 156 cm³/mol. The molecule has 0 saturated carbocycles. The minimum Gasteiger partial charge on any atom is -0.488 e. The van der Waals surface area contributed by atoms with Crippen LogP contribution < -0.4 is 15.5 Å². The van der Waals surface area contributed by atoms with Gasteiger partial charge in [0.15, 0.2) is 0 Å². The zero-order chi connectivity index (χ0) is 27.1. The fraction of sp³-hybridized carbons (Fsp3) is 0.167. The third-order valence-corrected chi connectivity index (χ3v) is 6.82. The fourth-order valence-corrected chi connectivity index (χ4v) is 4.39. The number of hydrazone groups is 1. The molecular weight excluding hydrogens is 566 g/mol. The lowest BCUT2D eigenvalue weighted by atomic mass is 10.0. The number of hydrogen-bond acceptors (Lipinski definition) is 4. The fourth-order valence-electron chi connectivity index (χ4n) is 3.91. The van der Waals surface area contributed by atoms with Gasteiger partial charge in [-0.25, -0.2) is 5.43 Å². The zero-order valence-corrected chi connectivity index (χ0v) is 23.3. The van der Waals surface area contributed by atoms with Gasteiger partial charge in [0.25, 0.3) is 11.8 Å². The van der Waals surface area contributed by atoms with Crippen molar-refractivity contribution in [2.24, 2.45) is 11.0 Å². The minimum absolute atomic E-state index is 0.181. The second-order valence-corrected chi connectivity index (χ2v) is 10.3. The molecule has 6 nitrogen and oxygen atoms in total. The summed E-state index contributed by atoms with van der Waals surface area (Å²) in [6.07, 6.45) is 1.57. The maximum atomic E-state index is 13.0. The van der Waals surface area contributed by atoms with Crippen LogP contribution >= 0.6 is 27.5 Å². The first-order valence-electron chi connectivity index (χ1n) is 12.1. The van der Waals surface area contributed by atoms with Gasteiger partial charge in [0.05, 0.1) is 16.8 Å². The van der Waals surface area contributed by atoms with Crippen molar-refractivity contribution in [3.63, 3.8) is 0 Å². The number of carbonyl (C=O) groups excluding carboxylic acids is 2. The Morgan fingerprint density at radius 1 is 0.974 bits per heavy atom. The molecule has 0 aliphatic carbocycles. The van der Waals surface area contributed by atoms with Gasteiger partial charge in [0, 0.05) is 10.0 Å². The Morgan fingerprint density at radius 3 is 2.42 bits per heavy atom. The number of halogens is 2. The Morgan fingerprint density at radius 2 is 1.68 bits per heavy atom. The number of benzene rings is 4. The van der Waals surface area contributed by atoms with E-state index in [0.29, 0.717) is 22.9 Å². The molecule has 2 N–H and O–H groups in total. The summed E-state index contributed by atoms with van der Waals surface area (Å²) in [5.41, 5.74) is 4.64. The number of nitrogens with zero attached hydrogens (tertiary/aromatic N) is 1. The number of ether oxygens (including phenoxy) is 1. The van der Waals surface area contributed by atoms with Gasteiger partial charge in [-0.15, -0.1) is 0 Å². The molecule has 4 aromatic rings. The molecule has 0 fully saturated rings. The van der Waals surface area contributed by atoms with E-state index < -0.39 is 17.9 Å². The van der Waals surface area contributed by atoms with Crippen LogP contribution in [0.4, 0.5) is 0 Å². The zero-order valence-electron chi connectivity index (χ0n) is 20.9. The normalized spacial score (nSPS) is 12.0. The average Bonchev–Trinajstić information content (AvgIpc) is 2.91. The van der Waals surface area contributed by atoms with Crippen LogP contribution in [0.15, 0.2) is 94.5 Å². The quantitative estimate of drug-likeness (QED) is 0.167. The summed E-state index contributed by atoms with van der Waals surface area (Å²) in [5, 5.41) is 9.27. The van der Waals surface area contributed by atoms with E-state index in [1.807, 2.05) is 74.5 Å². The van der Waals surface area contributed by atoms with Crippen LogP contribution in [0.1, 0.15) is 35.3 Å². The molecular formula is C30H27BrClN3O3. The Labute approximate surface area is 235 Å². The number of nitrogens with one attached hydrogen (secondary N) is 2. The van der Waals surface area contributed by atoms with Crippen molar-refractivity contribution in [2.75, 3.05) is 0 Å². The van der Waals surface area contributed by atoms with E-state index in [0.717, 1.165) is 26.4 Å². The van der Waals surface area contributed by atoms with Gasteiger partial charge in [-0.3, -0.25) is 9.59 Å². The van der Waals surface area contributed by atoms with Gasteiger partial charge in [-0.2, -0.15) is 5.10 Å². The van der Waals surface area contributed by atoms with Crippen molar-refractivity contribution in [1.29, 1.82) is 0 Å². The number of hydrogen-bond donors (Lipinski definition) is 2. The SMILES string of the molecule is CC(C)C(NC(=O)c1ccccc1Cl)C(=O)NN=Cc1c(OCc2ccc(Br)cc2)ccc2ccccc12. The topological polar surface area (TPSA) is 79.8 Å². The highest BCUT2D eigenvalue weighted by atomic mass is 79.9. The first-order chi connectivity index (χ1) is 18.3. The molecule has 0 bridgehead atoms. The maximum Gasteiger partial charge on any atom is 0.262 e. The first-order valence-corrected chi connectivity index (χ1v) is 13.3. The molecule has 0 aliphatic heterocycles. The molecule has 1 atom stereocenters. The highest BCUT2D eigenvalue weighted by molar-refractivity contribution is 9.10. The lowest BCUT2D eigenvalue weighted by Gasteiger charge is -2.20. The summed E-state index contributed by atoms with van der Waals surface area (Å²) in [6, 6.07) is 25.6. The highest BCUT2D eigenvalue weighted by Crippen LogP contribution is 2.27. The summed E-state index contributed by atoms with van der Waals surface area (Å²) in [4.78, 5) is 25.8. The van der Waals surface area contributed by atoms with Crippen molar-refractivity contribution >= 4 is 56.3 Å². The molecule has 0 aliphatic rings. The summed E-state index contributed by atoms with van der Waals surface area (Å²) in [5.74, 6) is -0.406. The molecule has 0 saturated heterocycles. The highest BCUT2D eigenvalue weighted by Gasteiger charge is 2.25. The Balaban J connectivity index is 1.52. The maximum absolute atomic E-state index is 13.0. The average molecular weight is 593 g/mol. The van der Waals surface area contributed by atoms with Crippen molar-refractivity contribution < 1.29 is 14.3 Å². The second-order valence-electron chi connectivity index (χ2n) is 9.02. The lowest BCUT2D eigenvalue weighted by Crippen LogP contribution is -2.48. The second kappa shape index (κ2) is 12.7. The molecule has 38 heavy (non-hydrogen) atoms. The Hall–Kier alpha value is -3.68. The van der Waals surface area contributed by atoms with Gasteiger partial charge < -0.3 is 10.1 Å². The lowest BCUT2D eigenvalue weighted by molar-refractivity contribution is -0.123. The first kappa shape index (κ1) is 27.4. The molecule has 0 aromatic heterocycles. The van der Waals surface area contributed by atoms with E-state index in [2.05, 4.69) is 31.8 Å². The number of fused-ring (bicyclic) bond motifs is 1. The monoisotopic (exact) mass is 591 g/mol. The molecule has 1 unspecified atom stereocenters. The Bertz CT molecular complexity index is 1470. The number of rotatable bonds is 9. The summed E-state index contributed by atoms with van der Waals surface area (Å²) < 4.78 is 7.14. The molecule has 4 rings (SSSR count). The molecule has 2 amide bonds. The van der Waals surface area contributed by atoms with Crippen molar-refractivity contribution in [3.05, 3.63) is 111 Å². The van der Waals surface area contributed by atoms with Crippen LogP contribution in [0, 0.1) is 5.92 Å². The molecule has 0 radical (unpaired) electrons. The van der Waals surface area contributed by atoms with Gasteiger partial charge in [0.2, 0.25) is 0 Å². The number of amides is 2. The molecule has 0 heterocycles. The third kappa shape index (κ3) is 6.79. The summed E-state index contributed by atoms with van der Waals surface area (Å²) in [7, 11) is 0. The van der Waals surface area contributed by atoms with E-state index in [1.165, 1.54) is 0 Å². The summed E-state index contributed by atoms with van der Waals surface area (Å²) >= 11 is 9.59.